The van der Waals surface area contributed by atoms with Crippen molar-refractivity contribution in [1.82, 2.24) is 9.78 Å². The Bertz CT molecular complexity index is 910. The zero-order valence-corrected chi connectivity index (χ0v) is 17.0. The SMILES string of the molecule is CCc1ccc(OCc2csc(C(=O)Nc3cc(C)nn3C(C)C)c2)cc1. The van der Waals surface area contributed by atoms with Crippen molar-refractivity contribution < 1.29 is 9.53 Å². The lowest BCUT2D eigenvalue weighted by atomic mass is 10.2. The summed E-state index contributed by atoms with van der Waals surface area (Å²) in [7, 11) is 0. The summed E-state index contributed by atoms with van der Waals surface area (Å²) in [6, 6.07) is 12.0. The zero-order valence-electron chi connectivity index (χ0n) is 16.2. The topological polar surface area (TPSA) is 56.1 Å². The molecule has 0 aliphatic rings. The number of aromatic nitrogens is 2. The van der Waals surface area contributed by atoms with E-state index < -0.39 is 0 Å². The van der Waals surface area contributed by atoms with Gasteiger partial charge >= 0.3 is 0 Å². The molecule has 2 heterocycles. The smallest absolute Gasteiger partial charge is 0.266 e. The minimum atomic E-state index is -0.125. The van der Waals surface area contributed by atoms with E-state index in [-0.39, 0.29) is 11.9 Å². The van der Waals surface area contributed by atoms with Crippen molar-refractivity contribution in [2.24, 2.45) is 0 Å². The van der Waals surface area contributed by atoms with Crippen LogP contribution >= 0.6 is 11.3 Å². The van der Waals surface area contributed by atoms with E-state index in [1.165, 1.54) is 16.9 Å². The molecule has 0 spiro atoms. The van der Waals surface area contributed by atoms with E-state index >= 15 is 0 Å². The first-order chi connectivity index (χ1) is 13.0. The second-order valence-electron chi connectivity index (χ2n) is 6.77. The van der Waals surface area contributed by atoms with Gasteiger partial charge in [-0.3, -0.25) is 4.79 Å². The number of nitrogens with zero attached hydrogens (tertiary/aromatic N) is 2. The molecule has 0 atom stereocenters. The van der Waals surface area contributed by atoms with E-state index in [1.54, 1.807) is 0 Å². The molecule has 0 fully saturated rings. The van der Waals surface area contributed by atoms with Crippen LogP contribution in [0.2, 0.25) is 0 Å². The van der Waals surface area contributed by atoms with Crippen LogP contribution < -0.4 is 10.1 Å². The van der Waals surface area contributed by atoms with Gasteiger partial charge < -0.3 is 10.1 Å². The molecule has 0 saturated heterocycles. The number of anilines is 1. The number of rotatable bonds is 7. The van der Waals surface area contributed by atoms with Crippen molar-refractivity contribution in [3.8, 4) is 5.75 Å². The number of ether oxygens (including phenoxy) is 1. The van der Waals surface area contributed by atoms with Crippen molar-refractivity contribution >= 4 is 23.1 Å². The molecule has 3 rings (SSSR count). The third kappa shape index (κ3) is 4.77. The molecule has 1 amide bonds. The third-order valence-corrected chi connectivity index (χ3v) is 5.18. The van der Waals surface area contributed by atoms with Gasteiger partial charge in [0.2, 0.25) is 0 Å². The summed E-state index contributed by atoms with van der Waals surface area (Å²) in [5.74, 6) is 1.43. The average Bonchev–Trinajstić information content (AvgIpc) is 3.27. The van der Waals surface area contributed by atoms with E-state index in [1.807, 2.05) is 55.1 Å². The Hall–Kier alpha value is -2.60. The van der Waals surface area contributed by atoms with E-state index in [4.69, 9.17) is 4.74 Å². The van der Waals surface area contributed by atoms with Crippen LogP contribution in [0.15, 0.2) is 41.8 Å². The Morgan fingerprint density at radius 3 is 2.63 bits per heavy atom. The quantitative estimate of drug-likeness (QED) is 0.608. The highest BCUT2D eigenvalue weighted by Gasteiger charge is 2.14. The van der Waals surface area contributed by atoms with Crippen LogP contribution in [0.1, 0.15) is 53.3 Å². The van der Waals surface area contributed by atoms with E-state index in [2.05, 4.69) is 29.5 Å². The highest BCUT2D eigenvalue weighted by molar-refractivity contribution is 7.12. The molecular weight excluding hydrogens is 358 g/mol. The van der Waals surface area contributed by atoms with Crippen LogP contribution in [0, 0.1) is 6.92 Å². The summed E-state index contributed by atoms with van der Waals surface area (Å²) in [6.45, 7) is 8.56. The van der Waals surface area contributed by atoms with Crippen LogP contribution in [0.3, 0.4) is 0 Å². The largest absolute Gasteiger partial charge is 0.489 e. The minimum absolute atomic E-state index is 0.125. The number of amides is 1. The molecule has 6 heteroatoms. The molecule has 1 N–H and O–H groups in total. The van der Waals surface area contributed by atoms with Gasteiger partial charge in [0, 0.05) is 17.7 Å². The molecule has 0 aliphatic heterocycles. The van der Waals surface area contributed by atoms with Crippen LogP contribution in [0.25, 0.3) is 0 Å². The second-order valence-corrected chi connectivity index (χ2v) is 7.68. The number of aryl methyl sites for hydroxylation is 2. The Labute approximate surface area is 164 Å². The molecule has 1 aromatic carbocycles. The van der Waals surface area contributed by atoms with Crippen molar-refractivity contribution in [2.75, 3.05) is 5.32 Å². The normalized spacial score (nSPS) is 11.0. The number of nitrogens with one attached hydrogen (secondary N) is 1. The fraction of sp³-hybridized carbons (Fsp3) is 0.333. The van der Waals surface area contributed by atoms with Gasteiger partial charge in [0.15, 0.2) is 0 Å². The molecule has 0 unspecified atom stereocenters. The summed E-state index contributed by atoms with van der Waals surface area (Å²) >= 11 is 1.42. The minimum Gasteiger partial charge on any atom is -0.489 e. The van der Waals surface area contributed by atoms with Crippen molar-refractivity contribution in [1.29, 1.82) is 0 Å². The predicted octanol–water partition coefficient (Wildman–Crippen LogP) is 5.23. The molecule has 0 bridgehead atoms. The molecular formula is C21H25N3O2S. The van der Waals surface area contributed by atoms with Gasteiger partial charge in [-0.25, -0.2) is 4.68 Å². The van der Waals surface area contributed by atoms with Crippen LogP contribution in [-0.4, -0.2) is 15.7 Å². The molecule has 0 saturated carbocycles. The zero-order chi connectivity index (χ0) is 19.4. The summed E-state index contributed by atoms with van der Waals surface area (Å²) in [5.41, 5.74) is 3.15. The van der Waals surface area contributed by atoms with Crippen molar-refractivity contribution in [3.05, 3.63) is 63.5 Å². The molecule has 5 nitrogen and oxygen atoms in total. The molecule has 2 aromatic heterocycles. The Morgan fingerprint density at radius 1 is 1.22 bits per heavy atom. The first-order valence-electron chi connectivity index (χ1n) is 9.13. The number of thiophene rings is 1. The van der Waals surface area contributed by atoms with Gasteiger partial charge in [-0.1, -0.05) is 19.1 Å². The number of hydrogen-bond donors (Lipinski definition) is 1. The monoisotopic (exact) mass is 383 g/mol. The summed E-state index contributed by atoms with van der Waals surface area (Å²) < 4.78 is 7.64. The van der Waals surface area contributed by atoms with E-state index in [9.17, 15) is 4.79 Å². The molecule has 27 heavy (non-hydrogen) atoms. The van der Waals surface area contributed by atoms with Gasteiger partial charge in [-0.05, 0) is 56.3 Å². The van der Waals surface area contributed by atoms with Crippen LogP contribution in [-0.2, 0) is 13.0 Å². The maximum Gasteiger partial charge on any atom is 0.266 e. The Balaban J connectivity index is 1.62. The van der Waals surface area contributed by atoms with Crippen molar-refractivity contribution in [2.45, 2.75) is 46.8 Å². The Morgan fingerprint density at radius 2 is 1.96 bits per heavy atom. The van der Waals surface area contributed by atoms with Gasteiger partial charge in [0.1, 0.15) is 18.2 Å². The Kier molecular flexibility index (Phi) is 5.96. The number of carbonyl (C=O) groups is 1. The molecule has 142 valence electrons. The molecule has 0 aliphatic carbocycles. The van der Waals surface area contributed by atoms with Crippen LogP contribution in [0.4, 0.5) is 5.82 Å². The van der Waals surface area contributed by atoms with Crippen molar-refractivity contribution in [3.63, 3.8) is 0 Å². The summed E-state index contributed by atoms with van der Waals surface area (Å²) in [4.78, 5) is 13.2. The second kappa shape index (κ2) is 8.39. The standard InChI is InChI=1S/C21H25N3O2S/c1-5-16-6-8-18(9-7-16)26-12-17-11-19(27-13-17)21(25)22-20-10-15(4)23-24(20)14(2)3/h6-11,13-14H,5,12H2,1-4H3,(H,22,25). The lowest BCUT2D eigenvalue weighted by Crippen LogP contribution is -2.15. The van der Waals surface area contributed by atoms with Gasteiger partial charge in [0.25, 0.3) is 5.91 Å². The predicted molar refractivity (Wildman–Crippen MR) is 110 cm³/mol. The van der Waals surface area contributed by atoms with Gasteiger partial charge in [-0.2, -0.15) is 5.10 Å². The summed E-state index contributed by atoms with van der Waals surface area (Å²) in [5, 5.41) is 9.34. The van der Waals surface area contributed by atoms with Gasteiger partial charge in [0.05, 0.1) is 10.6 Å². The first-order valence-corrected chi connectivity index (χ1v) is 10.0. The molecule has 3 aromatic rings. The van der Waals surface area contributed by atoms with Crippen LogP contribution in [0.5, 0.6) is 5.75 Å². The first kappa shape index (κ1) is 19.2. The van der Waals surface area contributed by atoms with Gasteiger partial charge in [-0.15, -0.1) is 11.3 Å². The fourth-order valence-electron chi connectivity index (χ4n) is 2.74. The maximum atomic E-state index is 12.6. The summed E-state index contributed by atoms with van der Waals surface area (Å²) in [6.07, 6.45) is 1.01. The lowest BCUT2D eigenvalue weighted by Gasteiger charge is -2.11. The maximum absolute atomic E-state index is 12.6. The highest BCUT2D eigenvalue weighted by atomic mass is 32.1. The third-order valence-electron chi connectivity index (χ3n) is 4.20. The van der Waals surface area contributed by atoms with E-state index in [0.717, 1.165) is 29.2 Å². The number of hydrogen-bond acceptors (Lipinski definition) is 4. The lowest BCUT2D eigenvalue weighted by molar-refractivity contribution is 0.102. The number of benzene rings is 1. The van der Waals surface area contributed by atoms with E-state index in [0.29, 0.717) is 11.5 Å². The fourth-order valence-corrected chi connectivity index (χ4v) is 3.53. The molecule has 0 radical (unpaired) electrons. The highest BCUT2D eigenvalue weighted by Crippen LogP contribution is 2.21. The number of carbonyl (C=O) groups excluding carboxylic acids is 1. The average molecular weight is 384 g/mol.